The molecule has 14 heavy (non-hydrogen) atoms. The molecule has 2 rings (SSSR count). The van der Waals surface area contributed by atoms with Gasteiger partial charge < -0.3 is 10.8 Å². The van der Waals surface area contributed by atoms with Gasteiger partial charge in [0, 0.05) is 18.6 Å². The van der Waals surface area contributed by atoms with Crippen molar-refractivity contribution in [2.24, 2.45) is 5.73 Å². The average Bonchev–Trinajstić information content (AvgIpc) is 2.45. The number of nitrogens with two attached hydrogens (primary N) is 1. The Hall–Kier alpha value is -1.06. The van der Waals surface area contributed by atoms with Crippen LogP contribution >= 0.6 is 0 Å². The maximum Gasteiger partial charge on any atom is 0.115 e. The summed E-state index contributed by atoms with van der Waals surface area (Å²) in [7, 11) is 2.07. The standard InChI is InChI=1S/C11H16N2O/c1-13-7-9(12)6-11(13)8-3-2-4-10(14)5-8/h2-5,9,11,14H,6-7,12H2,1H3. The van der Waals surface area contributed by atoms with E-state index in [1.165, 1.54) is 0 Å². The minimum absolute atomic E-state index is 0.257. The highest BCUT2D eigenvalue weighted by Gasteiger charge is 2.28. The molecule has 1 aliphatic rings. The summed E-state index contributed by atoms with van der Waals surface area (Å²) in [6.07, 6.45) is 0.972. The number of benzene rings is 1. The number of nitrogens with zero attached hydrogens (tertiary/aromatic N) is 1. The Balaban J connectivity index is 2.23. The highest BCUT2D eigenvalue weighted by Crippen LogP contribution is 2.31. The van der Waals surface area contributed by atoms with E-state index in [1.807, 2.05) is 18.2 Å². The summed E-state index contributed by atoms with van der Waals surface area (Å²) < 4.78 is 0. The molecule has 0 spiro atoms. The molecular formula is C11H16N2O. The van der Waals surface area contributed by atoms with Crippen molar-refractivity contribution in [3.05, 3.63) is 29.8 Å². The Labute approximate surface area is 84.1 Å². The van der Waals surface area contributed by atoms with E-state index in [0.29, 0.717) is 11.8 Å². The zero-order chi connectivity index (χ0) is 10.1. The van der Waals surface area contributed by atoms with Crippen LogP contribution in [0.25, 0.3) is 0 Å². The molecule has 1 heterocycles. The van der Waals surface area contributed by atoms with E-state index in [9.17, 15) is 5.11 Å². The Bertz CT molecular complexity index is 327. The van der Waals surface area contributed by atoms with Gasteiger partial charge in [0.05, 0.1) is 0 Å². The van der Waals surface area contributed by atoms with E-state index in [2.05, 4.69) is 11.9 Å². The van der Waals surface area contributed by atoms with Gasteiger partial charge in [-0.05, 0) is 31.2 Å². The van der Waals surface area contributed by atoms with Crippen molar-refractivity contribution in [1.82, 2.24) is 4.90 Å². The fourth-order valence-corrected chi connectivity index (χ4v) is 2.16. The third-order valence-corrected chi connectivity index (χ3v) is 2.84. The summed E-state index contributed by atoms with van der Waals surface area (Å²) in [6, 6.07) is 8.04. The Kier molecular flexibility index (Phi) is 2.44. The molecular weight excluding hydrogens is 176 g/mol. The van der Waals surface area contributed by atoms with Gasteiger partial charge in [-0.2, -0.15) is 0 Å². The number of aromatic hydroxyl groups is 1. The Morgan fingerprint density at radius 3 is 2.86 bits per heavy atom. The van der Waals surface area contributed by atoms with Crippen molar-refractivity contribution in [2.45, 2.75) is 18.5 Å². The van der Waals surface area contributed by atoms with E-state index in [0.717, 1.165) is 18.5 Å². The first-order valence-electron chi connectivity index (χ1n) is 4.91. The zero-order valence-corrected chi connectivity index (χ0v) is 8.35. The van der Waals surface area contributed by atoms with Crippen molar-refractivity contribution in [2.75, 3.05) is 13.6 Å². The van der Waals surface area contributed by atoms with Crippen LogP contribution in [0.4, 0.5) is 0 Å². The third kappa shape index (κ3) is 1.74. The maximum atomic E-state index is 9.38. The first-order valence-corrected chi connectivity index (χ1v) is 4.91. The fourth-order valence-electron chi connectivity index (χ4n) is 2.16. The second kappa shape index (κ2) is 3.59. The van der Waals surface area contributed by atoms with Gasteiger partial charge in [-0.25, -0.2) is 0 Å². The van der Waals surface area contributed by atoms with Crippen LogP contribution in [0.15, 0.2) is 24.3 Å². The van der Waals surface area contributed by atoms with E-state index in [-0.39, 0.29) is 6.04 Å². The number of likely N-dealkylation sites (N-methyl/N-ethyl adjacent to an activating group) is 1. The lowest BCUT2D eigenvalue weighted by molar-refractivity contribution is 0.315. The van der Waals surface area contributed by atoms with Crippen LogP contribution in [0, 0.1) is 0 Å². The summed E-state index contributed by atoms with van der Waals surface area (Å²) in [4.78, 5) is 2.24. The molecule has 1 aromatic carbocycles. The number of phenolic OH excluding ortho intramolecular Hbond substituents is 1. The molecule has 0 aliphatic carbocycles. The molecule has 1 fully saturated rings. The molecule has 3 heteroatoms. The molecule has 0 aromatic heterocycles. The third-order valence-electron chi connectivity index (χ3n) is 2.84. The second-order valence-corrected chi connectivity index (χ2v) is 4.05. The normalized spacial score (nSPS) is 28.1. The first-order chi connectivity index (χ1) is 6.66. The van der Waals surface area contributed by atoms with Crippen molar-refractivity contribution in [1.29, 1.82) is 0 Å². The smallest absolute Gasteiger partial charge is 0.115 e. The molecule has 2 atom stereocenters. The molecule has 0 radical (unpaired) electrons. The summed E-state index contributed by atoms with van der Waals surface area (Å²) in [6.45, 7) is 0.931. The molecule has 0 bridgehead atoms. The maximum absolute atomic E-state index is 9.38. The molecule has 0 saturated carbocycles. The highest BCUT2D eigenvalue weighted by atomic mass is 16.3. The Morgan fingerprint density at radius 1 is 1.50 bits per heavy atom. The number of hydrogen-bond acceptors (Lipinski definition) is 3. The lowest BCUT2D eigenvalue weighted by Crippen LogP contribution is -2.24. The summed E-state index contributed by atoms with van der Waals surface area (Å²) in [5.41, 5.74) is 7.04. The van der Waals surface area contributed by atoms with Crippen LogP contribution in [-0.4, -0.2) is 29.6 Å². The lowest BCUT2D eigenvalue weighted by atomic mass is 10.0. The second-order valence-electron chi connectivity index (χ2n) is 4.05. The molecule has 3 nitrogen and oxygen atoms in total. The zero-order valence-electron chi connectivity index (χ0n) is 8.35. The number of rotatable bonds is 1. The quantitative estimate of drug-likeness (QED) is 0.700. The predicted octanol–water partition coefficient (Wildman–Crippen LogP) is 1.10. The molecule has 3 N–H and O–H groups in total. The summed E-state index contributed by atoms with van der Waals surface area (Å²) in [5.74, 6) is 0.330. The molecule has 0 amide bonds. The van der Waals surface area contributed by atoms with E-state index in [1.54, 1.807) is 6.07 Å². The van der Waals surface area contributed by atoms with Gasteiger partial charge in [-0.15, -0.1) is 0 Å². The van der Waals surface area contributed by atoms with Crippen molar-refractivity contribution in [3.8, 4) is 5.75 Å². The van der Waals surface area contributed by atoms with Crippen LogP contribution in [0.5, 0.6) is 5.75 Å². The number of phenols is 1. The minimum Gasteiger partial charge on any atom is -0.508 e. The average molecular weight is 192 g/mol. The Morgan fingerprint density at radius 2 is 2.29 bits per heavy atom. The predicted molar refractivity (Wildman–Crippen MR) is 56.1 cm³/mol. The van der Waals surface area contributed by atoms with Gasteiger partial charge in [0.15, 0.2) is 0 Å². The summed E-state index contributed by atoms with van der Waals surface area (Å²) in [5, 5.41) is 9.38. The molecule has 1 aromatic rings. The van der Waals surface area contributed by atoms with Crippen LogP contribution < -0.4 is 5.73 Å². The number of likely N-dealkylation sites (tertiary alicyclic amines) is 1. The van der Waals surface area contributed by atoms with Gasteiger partial charge in [-0.3, -0.25) is 4.90 Å². The first kappa shape index (κ1) is 9.49. The monoisotopic (exact) mass is 192 g/mol. The van der Waals surface area contributed by atoms with Gasteiger partial charge in [0.1, 0.15) is 5.75 Å². The van der Waals surface area contributed by atoms with E-state index < -0.39 is 0 Å². The van der Waals surface area contributed by atoms with Gasteiger partial charge >= 0.3 is 0 Å². The van der Waals surface area contributed by atoms with Crippen LogP contribution in [0.1, 0.15) is 18.0 Å². The molecule has 76 valence electrons. The van der Waals surface area contributed by atoms with Gasteiger partial charge in [-0.1, -0.05) is 12.1 Å². The largest absolute Gasteiger partial charge is 0.508 e. The van der Waals surface area contributed by atoms with Gasteiger partial charge in [0.2, 0.25) is 0 Å². The lowest BCUT2D eigenvalue weighted by Gasteiger charge is -2.19. The molecule has 2 unspecified atom stereocenters. The highest BCUT2D eigenvalue weighted by molar-refractivity contribution is 5.30. The van der Waals surface area contributed by atoms with E-state index >= 15 is 0 Å². The van der Waals surface area contributed by atoms with Gasteiger partial charge in [0.25, 0.3) is 0 Å². The number of hydrogen-bond donors (Lipinski definition) is 2. The summed E-state index contributed by atoms with van der Waals surface area (Å²) >= 11 is 0. The molecule has 1 saturated heterocycles. The van der Waals surface area contributed by atoms with Crippen molar-refractivity contribution >= 4 is 0 Å². The molecule has 1 aliphatic heterocycles. The fraction of sp³-hybridized carbons (Fsp3) is 0.455. The van der Waals surface area contributed by atoms with Crippen LogP contribution in [0.2, 0.25) is 0 Å². The van der Waals surface area contributed by atoms with Crippen molar-refractivity contribution in [3.63, 3.8) is 0 Å². The van der Waals surface area contributed by atoms with Crippen LogP contribution in [-0.2, 0) is 0 Å². The van der Waals surface area contributed by atoms with Crippen molar-refractivity contribution < 1.29 is 5.11 Å². The SMILES string of the molecule is CN1CC(N)CC1c1cccc(O)c1. The minimum atomic E-state index is 0.257. The van der Waals surface area contributed by atoms with Crippen LogP contribution in [0.3, 0.4) is 0 Å². The topological polar surface area (TPSA) is 49.5 Å². The van der Waals surface area contributed by atoms with E-state index in [4.69, 9.17) is 5.73 Å².